The van der Waals surface area contributed by atoms with Gasteiger partial charge in [0.2, 0.25) is 5.91 Å². The van der Waals surface area contributed by atoms with Crippen LogP contribution in [0.5, 0.6) is 5.75 Å². The number of para-hydroxylation sites is 1. The Balaban J connectivity index is 1.64. The maximum atomic E-state index is 12.0. The molecule has 0 radical (unpaired) electrons. The summed E-state index contributed by atoms with van der Waals surface area (Å²) in [6, 6.07) is 7.30. The Morgan fingerprint density at radius 1 is 1.36 bits per heavy atom. The largest absolute Gasteiger partial charge is 0.490 e. The normalized spacial score (nSPS) is 15.5. The molecule has 1 saturated heterocycles. The van der Waals surface area contributed by atoms with Gasteiger partial charge in [-0.25, -0.2) is 0 Å². The highest BCUT2D eigenvalue weighted by molar-refractivity contribution is 6.32. The third-order valence-electron chi connectivity index (χ3n) is 3.68. The minimum Gasteiger partial charge on any atom is -0.490 e. The number of nitrogens with one attached hydrogen (secondary N) is 1. The lowest BCUT2D eigenvalue weighted by molar-refractivity contribution is -0.137. The predicted octanol–water partition coefficient (Wildman–Crippen LogP) is 1.95. The van der Waals surface area contributed by atoms with Crippen LogP contribution < -0.4 is 10.1 Å². The highest BCUT2D eigenvalue weighted by Crippen LogP contribution is 2.22. The Hall–Kier alpha value is -1.30. The summed E-state index contributed by atoms with van der Waals surface area (Å²) < 4.78 is 11.2. The molecule has 0 aliphatic carbocycles. The molecule has 1 aromatic rings. The van der Waals surface area contributed by atoms with Crippen molar-refractivity contribution in [2.45, 2.75) is 18.9 Å². The third-order valence-corrected chi connectivity index (χ3v) is 3.99. The molecule has 2 rings (SSSR count). The van der Waals surface area contributed by atoms with Gasteiger partial charge in [-0.15, -0.1) is 0 Å². The molecular weight excluding hydrogens is 304 g/mol. The van der Waals surface area contributed by atoms with Crippen molar-refractivity contribution in [2.24, 2.45) is 0 Å². The third kappa shape index (κ3) is 5.48. The zero-order valence-corrected chi connectivity index (χ0v) is 13.6. The molecule has 0 saturated carbocycles. The van der Waals surface area contributed by atoms with E-state index in [0.29, 0.717) is 23.9 Å². The molecule has 0 unspecified atom stereocenters. The van der Waals surface area contributed by atoms with Crippen molar-refractivity contribution in [1.82, 2.24) is 10.2 Å². The summed E-state index contributed by atoms with van der Waals surface area (Å²) in [5, 5.41) is 3.85. The van der Waals surface area contributed by atoms with E-state index in [1.54, 1.807) is 18.0 Å². The molecule has 22 heavy (non-hydrogen) atoms. The van der Waals surface area contributed by atoms with Crippen molar-refractivity contribution in [2.75, 3.05) is 39.9 Å². The first-order valence-electron chi connectivity index (χ1n) is 7.60. The number of carbonyl (C=O) groups excluding carboxylic acids is 1. The number of carbonyl (C=O) groups is 1. The first-order chi connectivity index (χ1) is 10.7. The van der Waals surface area contributed by atoms with Gasteiger partial charge in [0.25, 0.3) is 0 Å². The Bertz CT molecular complexity index is 478. The van der Waals surface area contributed by atoms with Crippen LogP contribution in [0.1, 0.15) is 12.8 Å². The fraction of sp³-hybridized carbons (Fsp3) is 0.562. The quantitative estimate of drug-likeness (QED) is 0.832. The van der Waals surface area contributed by atoms with Crippen LogP contribution in [-0.2, 0) is 9.53 Å². The number of piperidine rings is 1. The van der Waals surface area contributed by atoms with E-state index in [9.17, 15) is 4.79 Å². The Morgan fingerprint density at radius 2 is 2.09 bits per heavy atom. The summed E-state index contributed by atoms with van der Waals surface area (Å²) in [4.78, 5) is 13.6. The smallest absolute Gasteiger partial charge is 0.248 e. The second-order valence-electron chi connectivity index (χ2n) is 5.35. The SMILES string of the molecule is CN(CCOc1ccccc1Cl)C(=O)COC1CCNCC1. The van der Waals surface area contributed by atoms with Crippen molar-refractivity contribution in [3.05, 3.63) is 29.3 Å². The molecule has 0 bridgehead atoms. The zero-order valence-electron chi connectivity index (χ0n) is 12.9. The lowest BCUT2D eigenvalue weighted by Crippen LogP contribution is -2.37. The van der Waals surface area contributed by atoms with E-state index in [-0.39, 0.29) is 18.6 Å². The highest BCUT2D eigenvalue weighted by Gasteiger charge is 2.16. The van der Waals surface area contributed by atoms with Crippen LogP contribution in [0.2, 0.25) is 5.02 Å². The molecular formula is C16H23ClN2O3. The molecule has 6 heteroatoms. The summed E-state index contributed by atoms with van der Waals surface area (Å²) in [7, 11) is 1.75. The van der Waals surface area contributed by atoms with Gasteiger partial charge in [-0.3, -0.25) is 4.79 Å². The zero-order chi connectivity index (χ0) is 15.8. The topological polar surface area (TPSA) is 50.8 Å². The van der Waals surface area contributed by atoms with Gasteiger partial charge in [0.1, 0.15) is 19.0 Å². The molecule has 122 valence electrons. The predicted molar refractivity (Wildman–Crippen MR) is 86.4 cm³/mol. The molecule has 1 N–H and O–H groups in total. The molecule has 1 aliphatic heterocycles. The van der Waals surface area contributed by atoms with Crippen molar-refractivity contribution < 1.29 is 14.3 Å². The number of halogens is 1. The molecule has 1 aliphatic rings. The molecule has 0 aromatic heterocycles. The number of hydrogen-bond acceptors (Lipinski definition) is 4. The van der Waals surface area contributed by atoms with Gasteiger partial charge in [-0.2, -0.15) is 0 Å². The van der Waals surface area contributed by atoms with Crippen molar-refractivity contribution in [3.8, 4) is 5.75 Å². The average Bonchev–Trinajstić information content (AvgIpc) is 2.55. The highest BCUT2D eigenvalue weighted by atomic mass is 35.5. The van der Waals surface area contributed by atoms with E-state index >= 15 is 0 Å². The van der Waals surface area contributed by atoms with Crippen LogP contribution in [0.15, 0.2) is 24.3 Å². The monoisotopic (exact) mass is 326 g/mol. The number of benzene rings is 1. The van der Waals surface area contributed by atoms with Gasteiger partial charge in [-0.1, -0.05) is 23.7 Å². The maximum Gasteiger partial charge on any atom is 0.248 e. The Kier molecular flexibility index (Phi) is 6.96. The van der Waals surface area contributed by atoms with Crippen molar-refractivity contribution in [1.29, 1.82) is 0 Å². The lowest BCUT2D eigenvalue weighted by Gasteiger charge is -2.24. The minimum atomic E-state index is -0.0266. The average molecular weight is 327 g/mol. The first kappa shape index (κ1) is 17.1. The summed E-state index contributed by atoms with van der Waals surface area (Å²) in [5.41, 5.74) is 0. The van der Waals surface area contributed by atoms with E-state index in [2.05, 4.69) is 5.32 Å². The summed E-state index contributed by atoms with van der Waals surface area (Å²) >= 11 is 6.01. The maximum absolute atomic E-state index is 12.0. The first-order valence-corrected chi connectivity index (χ1v) is 7.98. The Labute approximate surface area is 136 Å². The Morgan fingerprint density at radius 3 is 2.82 bits per heavy atom. The summed E-state index contributed by atoms with van der Waals surface area (Å²) in [6.45, 7) is 2.95. The number of hydrogen-bond donors (Lipinski definition) is 1. The standard InChI is InChI=1S/C16H23ClN2O3/c1-19(10-11-21-15-5-3-2-4-14(15)17)16(20)12-22-13-6-8-18-9-7-13/h2-5,13,18H,6-12H2,1H3. The summed E-state index contributed by atoms with van der Waals surface area (Å²) in [5.74, 6) is 0.609. The van der Waals surface area contributed by atoms with Crippen LogP contribution in [0.3, 0.4) is 0 Å². The van der Waals surface area contributed by atoms with E-state index in [0.717, 1.165) is 25.9 Å². The number of nitrogens with zero attached hydrogens (tertiary/aromatic N) is 1. The van der Waals surface area contributed by atoms with Crippen molar-refractivity contribution in [3.63, 3.8) is 0 Å². The van der Waals surface area contributed by atoms with E-state index in [1.807, 2.05) is 18.2 Å². The van der Waals surface area contributed by atoms with Gasteiger partial charge >= 0.3 is 0 Å². The van der Waals surface area contributed by atoms with Crippen LogP contribution in [0.25, 0.3) is 0 Å². The molecule has 1 aromatic carbocycles. The fourth-order valence-corrected chi connectivity index (χ4v) is 2.43. The fourth-order valence-electron chi connectivity index (χ4n) is 2.24. The molecule has 0 spiro atoms. The molecule has 5 nitrogen and oxygen atoms in total. The number of amides is 1. The van der Waals surface area contributed by atoms with Gasteiger partial charge in [0.05, 0.1) is 17.7 Å². The molecule has 1 fully saturated rings. The van der Waals surface area contributed by atoms with E-state index in [1.165, 1.54) is 0 Å². The second kappa shape index (κ2) is 8.98. The molecule has 0 atom stereocenters. The molecule has 1 amide bonds. The van der Waals surface area contributed by atoms with Crippen LogP contribution in [0, 0.1) is 0 Å². The van der Waals surface area contributed by atoms with Gasteiger partial charge in [0.15, 0.2) is 0 Å². The number of ether oxygens (including phenoxy) is 2. The second-order valence-corrected chi connectivity index (χ2v) is 5.76. The number of rotatable bonds is 7. The van der Waals surface area contributed by atoms with Gasteiger partial charge in [-0.05, 0) is 38.1 Å². The van der Waals surface area contributed by atoms with Gasteiger partial charge < -0.3 is 19.7 Å². The van der Waals surface area contributed by atoms with Crippen LogP contribution in [-0.4, -0.2) is 56.8 Å². The summed E-state index contributed by atoms with van der Waals surface area (Å²) in [6.07, 6.45) is 2.12. The minimum absolute atomic E-state index is 0.0266. The molecule has 1 heterocycles. The van der Waals surface area contributed by atoms with Crippen LogP contribution in [0.4, 0.5) is 0 Å². The van der Waals surface area contributed by atoms with Gasteiger partial charge in [0, 0.05) is 7.05 Å². The van der Waals surface area contributed by atoms with E-state index in [4.69, 9.17) is 21.1 Å². The van der Waals surface area contributed by atoms with Crippen LogP contribution >= 0.6 is 11.6 Å². The lowest BCUT2D eigenvalue weighted by atomic mass is 10.1. The van der Waals surface area contributed by atoms with Crippen molar-refractivity contribution >= 4 is 17.5 Å². The number of likely N-dealkylation sites (N-methyl/N-ethyl adjacent to an activating group) is 1. The van der Waals surface area contributed by atoms with E-state index < -0.39 is 0 Å².